The van der Waals surface area contributed by atoms with Gasteiger partial charge in [0.25, 0.3) is 0 Å². The number of pyridine rings is 1. The lowest BCUT2D eigenvalue weighted by Gasteiger charge is -2.18. The van der Waals surface area contributed by atoms with Crippen LogP contribution >= 0.6 is 22.9 Å². The molecule has 0 aliphatic carbocycles. The molecule has 14 heteroatoms. The van der Waals surface area contributed by atoms with E-state index in [1.54, 1.807) is 35.7 Å². The van der Waals surface area contributed by atoms with Crippen LogP contribution < -0.4 is 20.1 Å². The Hall–Kier alpha value is -5.85. The van der Waals surface area contributed by atoms with Crippen molar-refractivity contribution >= 4 is 45.0 Å². The second-order valence-electron chi connectivity index (χ2n) is 14.5. The Morgan fingerprint density at radius 3 is 2.17 bits per heavy atom. The highest BCUT2D eigenvalue weighted by atomic mass is 35.5. The number of carbonyl (C=O) groups is 2. The Morgan fingerprint density at radius 2 is 1.45 bits per heavy atom. The summed E-state index contributed by atoms with van der Waals surface area (Å²) in [6, 6.07) is 28.2. The Kier molecular flexibility index (Phi) is 14.9. The van der Waals surface area contributed by atoms with E-state index in [0.717, 1.165) is 53.9 Å². The zero-order valence-corrected chi connectivity index (χ0v) is 34.6. The van der Waals surface area contributed by atoms with Crippen molar-refractivity contribution in [2.75, 3.05) is 13.1 Å². The molecule has 310 valence electrons. The molecule has 0 spiro atoms. The van der Waals surface area contributed by atoms with E-state index in [4.69, 9.17) is 31.3 Å². The molecule has 0 bridgehead atoms. The van der Waals surface area contributed by atoms with E-state index in [1.165, 1.54) is 6.20 Å². The van der Waals surface area contributed by atoms with Gasteiger partial charge in [-0.05, 0) is 88.5 Å². The number of hydrogen-bond donors (Lipinski definition) is 6. The van der Waals surface area contributed by atoms with Gasteiger partial charge in [-0.25, -0.2) is 0 Å². The number of carboxylic acid groups (broad SMARTS) is 2. The summed E-state index contributed by atoms with van der Waals surface area (Å²) in [5.74, 6) is -1.28. The van der Waals surface area contributed by atoms with Crippen LogP contribution in [0.25, 0.3) is 32.3 Å². The van der Waals surface area contributed by atoms with Gasteiger partial charge in [-0.1, -0.05) is 54.1 Å². The fourth-order valence-corrected chi connectivity index (χ4v) is 8.17. The van der Waals surface area contributed by atoms with Crippen molar-refractivity contribution in [1.29, 1.82) is 5.26 Å². The predicted octanol–water partition coefficient (Wildman–Crippen LogP) is 7.78. The normalized spacial score (nSPS) is 12.2. The molecule has 0 saturated heterocycles. The van der Waals surface area contributed by atoms with E-state index in [2.05, 4.69) is 84.1 Å². The minimum atomic E-state index is -1.10. The van der Waals surface area contributed by atoms with Gasteiger partial charge in [-0.15, -0.1) is 11.3 Å². The molecule has 0 fully saturated rings. The first kappa shape index (κ1) is 43.7. The minimum absolute atomic E-state index is 0.0449. The van der Waals surface area contributed by atoms with Crippen LogP contribution in [0.2, 0.25) is 5.02 Å². The standard InChI is InChI=1S/C46H45ClN4O8S/c1-27-32(26-59-43-17-42(58-25-30-11-29(18-48)19-49-20-30)34(14-41(43)47)21-50-22-35(52)15-45(54)55)5-3-7-39(27)40-8-4-6-38(28(40)2)31-9-10-44-33(12-31)13-37(60-44)24-51-23-36(53)16-46(56)57/h3-14,17,19-20,35-36,50-53H,15-16,21-26H2,1-2H3,(H,54,55)(H,56,57). The predicted molar refractivity (Wildman–Crippen MR) is 231 cm³/mol. The monoisotopic (exact) mass is 848 g/mol. The van der Waals surface area contributed by atoms with Crippen molar-refractivity contribution in [3.05, 3.63) is 135 Å². The van der Waals surface area contributed by atoms with Crippen molar-refractivity contribution in [3.63, 3.8) is 0 Å². The zero-order valence-electron chi connectivity index (χ0n) is 33.1. The first-order valence-electron chi connectivity index (χ1n) is 19.2. The summed E-state index contributed by atoms with van der Waals surface area (Å²) in [6.07, 6.45) is 0.380. The van der Waals surface area contributed by atoms with E-state index >= 15 is 0 Å². The van der Waals surface area contributed by atoms with E-state index in [-0.39, 0.29) is 39.3 Å². The van der Waals surface area contributed by atoms with Crippen LogP contribution in [-0.4, -0.2) is 62.6 Å². The molecule has 2 aromatic heterocycles. The molecule has 6 aromatic rings. The number of halogens is 1. The lowest BCUT2D eigenvalue weighted by molar-refractivity contribution is -0.140. The van der Waals surface area contributed by atoms with Gasteiger partial charge in [0.1, 0.15) is 30.8 Å². The molecule has 0 saturated carbocycles. The van der Waals surface area contributed by atoms with E-state index < -0.39 is 30.6 Å². The number of nitrogens with one attached hydrogen (secondary N) is 2. The summed E-state index contributed by atoms with van der Waals surface area (Å²) in [6.45, 7) is 5.53. The van der Waals surface area contributed by atoms with Crippen molar-refractivity contribution in [2.24, 2.45) is 0 Å². The van der Waals surface area contributed by atoms with Crippen LogP contribution in [0.5, 0.6) is 11.5 Å². The molecule has 12 nitrogen and oxygen atoms in total. The number of aliphatic carboxylic acids is 2. The first-order valence-corrected chi connectivity index (χ1v) is 20.4. The highest BCUT2D eigenvalue weighted by molar-refractivity contribution is 7.19. The molecule has 60 heavy (non-hydrogen) atoms. The van der Waals surface area contributed by atoms with Gasteiger partial charge in [0.05, 0.1) is 35.6 Å². The zero-order chi connectivity index (χ0) is 42.8. The van der Waals surface area contributed by atoms with Gasteiger partial charge in [0.15, 0.2) is 0 Å². The van der Waals surface area contributed by atoms with Gasteiger partial charge in [0.2, 0.25) is 0 Å². The van der Waals surface area contributed by atoms with Gasteiger partial charge >= 0.3 is 11.9 Å². The van der Waals surface area contributed by atoms with Gasteiger partial charge in [-0.3, -0.25) is 14.6 Å². The second kappa shape index (κ2) is 20.4. The van der Waals surface area contributed by atoms with Crippen LogP contribution in [0.1, 0.15) is 51.1 Å². The number of nitrogens with zero attached hydrogens (tertiary/aromatic N) is 2. The number of thiophene rings is 1. The number of ether oxygens (including phenoxy) is 2. The molecule has 2 unspecified atom stereocenters. The SMILES string of the molecule is Cc1c(COc2cc(OCc3cncc(C#N)c3)c(CNCC(O)CC(=O)O)cc2Cl)cccc1-c1cccc(-c2ccc3sc(CNCC(O)CC(=O)O)cc3c2)c1C. The molecule has 0 radical (unpaired) electrons. The Morgan fingerprint density at radius 1 is 0.783 bits per heavy atom. The van der Waals surface area contributed by atoms with E-state index in [0.29, 0.717) is 39.8 Å². The Labute approximate surface area is 356 Å². The van der Waals surface area contributed by atoms with Gasteiger partial charge < -0.3 is 40.5 Å². The summed E-state index contributed by atoms with van der Waals surface area (Å²) in [7, 11) is 0. The fraction of sp³-hybridized carbons (Fsp3) is 0.261. The first-order chi connectivity index (χ1) is 28.9. The van der Waals surface area contributed by atoms with E-state index in [9.17, 15) is 25.1 Å². The number of fused-ring (bicyclic) bond motifs is 1. The van der Waals surface area contributed by atoms with Crippen molar-refractivity contribution in [1.82, 2.24) is 15.6 Å². The molecule has 2 heterocycles. The van der Waals surface area contributed by atoms with E-state index in [1.807, 2.05) is 12.1 Å². The topological polar surface area (TPSA) is 194 Å². The maximum Gasteiger partial charge on any atom is 0.306 e. The largest absolute Gasteiger partial charge is 0.488 e. The molecule has 6 N–H and O–H groups in total. The molecule has 4 aromatic carbocycles. The number of benzene rings is 4. The molecule has 0 aliphatic heterocycles. The number of hydrogen-bond acceptors (Lipinski definition) is 11. The summed E-state index contributed by atoms with van der Waals surface area (Å²) >= 11 is 8.43. The number of aliphatic hydroxyl groups is 2. The van der Waals surface area contributed by atoms with Crippen LogP contribution in [0, 0.1) is 25.2 Å². The molecule has 0 aliphatic rings. The quantitative estimate of drug-likeness (QED) is 0.0438. The smallest absolute Gasteiger partial charge is 0.306 e. The lowest BCUT2D eigenvalue weighted by atomic mass is 9.89. The summed E-state index contributed by atoms with van der Waals surface area (Å²) in [5.41, 5.74) is 9.25. The molecule has 0 amide bonds. The van der Waals surface area contributed by atoms with Crippen molar-refractivity contribution in [2.45, 2.75) is 65.2 Å². The van der Waals surface area contributed by atoms with Gasteiger partial charge in [0, 0.05) is 65.3 Å². The molecular formula is C46H45ClN4O8S. The van der Waals surface area contributed by atoms with Crippen LogP contribution in [0.4, 0.5) is 0 Å². The summed E-state index contributed by atoms with van der Waals surface area (Å²) in [4.78, 5) is 27.1. The number of aliphatic hydroxyl groups excluding tert-OH is 2. The molecular weight excluding hydrogens is 804 g/mol. The van der Waals surface area contributed by atoms with Crippen LogP contribution in [0.3, 0.4) is 0 Å². The molecule has 2 atom stereocenters. The number of aromatic nitrogens is 1. The summed E-state index contributed by atoms with van der Waals surface area (Å²) < 4.78 is 13.7. The van der Waals surface area contributed by atoms with Crippen LogP contribution in [0.15, 0.2) is 91.3 Å². The van der Waals surface area contributed by atoms with Crippen molar-refractivity contribution in [3.8, 4) is 39.8 Å². The Balaban J connectivity index is 1.19. The van der Waals surface area contributed by atoms with Crippen molar-refractivity contribution < 1.29 is 39.5 Å². The van der Waals surface area contributed by atoms with Gasteiger partial charge in [-0.2, -0.15) is 5.26 Å². The Bertz CT molecular complexity index is 2540. The third-order valence-electron chi connectivity index (χ3n) is 9.96. The third-order valence-corrected chi connectivity index (χ3v) is 11.4. The average Bonchev–Trinajstić information content (AvgIpc) is 3.62. The second-order valence-corrected chi connectivity index (χ2v) is 16.0. The highest BCUT2D eigenvalue weighted by Crippen LogP contribution is 2.38. The average molecular weight is 849 g/mol. The molecule has 6 rings (SSSR count). The number of carboxylic acids is 2. The number of rotatable bonds is 20. The fourth-order valence-electron chi connectivity index (χ4n) is 6.91. The third kappa shape index (κ3) is 11.5. The number of nitriles is 1. The maximum atomic E-state index is 11.0. The summed E-state index contributed by atoms with van der Waals surface area (Å²) in [5, 5.41) is 54.8. The van der Waals surface area contributed by atoms with Crippen LogP contribution in [-0.2, 0) is 35.9 Å². The lowest BCUT2D eigenvalue weighted by Crippen LogP contribution is -2.28. The minimum Gasteiger partial charge on any atom is -0.488 e. The highest BCUT2D eigenvalue weighted by Gasteiger charge is 2.17. The maximum absolute atomic E-state index is 11.0.